The number of hydrogen-bond acceptors (Lipinski definition) is 5. The van der Waals surface area contributed by atoms with Crippen molar-refractivity contribution >= 4 is 21.7 Å². The van der Waals surface area contributed by atoms with Crippen LogP contribution < -0.4 is 0 Å². The molecule has 0 spiro atoms. The Morgan fingerprint density at radius 1 is 1.16 bits per heavy atom. The summed E-state index contributed by atoms with van der Waals surface area (Å²) in [7, 11) is -5.55. The molecule has 0 aliphatic rings. The summed E-state index contributed by atoms with van der Waals surface area (Å²) >= 11 is 0. The van der Waals surface area contributed by atoms with Crippen LogP contribution >= 0.6 is 7.60 Å². The van der Waals surface area contributed by atoms with Crippen molar-refractivity contribution in [2.75, 3.05) is 13.2 Å². The van der Waals surface area contributed by atoms with Crippen molar-refractivity contribution in [3.8, 4) is 0 Å². The van der Waals surface area contributed by atoms with Crippen LogP contribution in [0.25, 0.3) is 0 Å². The Bertz CT molecular complexity index is 488. The monoisotopic (exact) mass is 392 g/mol. The lowest BCUT2D eigenvalue weighted by molar-refractivity contribution is -0.124. The maximum Gasteiger partial charge on any atom is 0.340 e. The topological polar surface area (TPSA) is 61.8 Å². The summed E-state index contributed by atoms with van der Waals surface area (Å²) < 4.78 is 29.9. The smallest absolute Gasteiger partial charge is 0.340 e. The molecule has 3 atom stereocenters. The van der Waals surface area contributed by atoms with Gasteiger partial charge in [0, 0.05) is 5.92 Å². The van der Waals surface area contributed by atoms with Crippen LogP contribution in [-0.4, -0.2) is 39.1 Å². The number of carbonyl (C=O) groups is 1. The van der Waals surface area contributed by atoms with Crippen molar-refractivity contribution in [3.63, 3.8) is 0 Å². The van der Waals surface area contributed by atoms with Crippen LogP contribution in [0.2, 0.25) is 18.1 Å². The molecule has 1 unspecified atom stereocenters. The molecule has 0 saturated carbocycles. The zero-order valence-electron chi connectivity index (χ0n) is 17.4. The van der Waals surface area contributed by atoms with E-state index in [4.69, 9.17) is 13.5 Å². The predicted octanol–water partition coefficient (Wildman–Crippen LogP) is 5.42. The van der Waals surface area contributed by atoms with Gasteiger partial charge in [0.2, 0.25) is 0 Å². The van der Waals surface area contributed by atoms with E-state index in [9.17, 15) is 9.36 Å². The van der Waals surface area contributed by atoms with Crippen LogP contribution in [0.4, 0.5) is 0 Å². The van der Waals surface area contributed by atoms with Gasteiger partial charge in [-0.2, -0.15) is 0 Å². The van der Waals surface area contributed by atoms with E-state index in [-0.39, 0.29) is 24.0 Å². The third-order valence-electron chi connectivity index (χ3n) is 4.91. The SMILES string of the molecule is C=C[C@@H](O[Si](C)(C)C(C)(C)C)[C@H](C)C(=O)C(C)P(=O)(OCC)OCC. The summed E-state index contributed by atoms with van der Waals surface area (Å²) in [6.45, 7) is 21.9. The van der Waals surface area contributed by atoms with Crippen molar-refractivity contribution < 1.29 is 22.8 Å². The number of ketones is 1. The molecular formula is C18H37O5PSi. The number of Topliss-reactive ketones (excluding diaryl/α,β-unsaturated/α-hetero) is 1. The van der Waals surface area contributed by atoms with Crippen molar-refractivity contribution in [2.24, 2.45) is 5.92 Å². The molecule has 0 radical (unpaired) electrons. The van der Waals surface area contributed by atoms with E-state index in [0.717, 1.165) is 0 Å². The Hall–Kier alpha value is -0.263. The normalized spacial score (nSPS) is 17.0. The second-order valence-electron chi connectivity index (χ2n) is 7.82. The van der Waals surface area contributed by atoms with Gasteiger partial charge in [-0.05, 0) is 38.9 Å². The Balaban J connectivity index is 5.40. The molecule has 25 heavy (non-hydrogen) atoms. The maximum atomic E-state index is 12.9. The summed E-state index contributed by atoms with van der Waals surface area (Å²) in [5.41, 5.74) is -0.840. The van der Waals surface area contributed by atoms with Crippen LogP contribution in [0.3, 0.4) is 0 Å². The molecule has 0 N–H and O–H groups in total. The summed E-state index contributed by atoms with van der Waals surface area (Å²) in [5, 5.41) is 0.0224. The molecule has 148 valence electrons. The summed E-state index contributed by atoms with van der Waals surface area (Å²) in [6.07, 6.45) is 1.25. The minimum atomic E-state index is -3.48. The molecule has 0 bridgehead atoms. The first-order valence-corrected chi connectivity index (χ1v) is 13.5. The molecular weight excluding hydrogens is 355 g/mol. The molecule has 0 aromatic carbocycles. The Kier molecular flexibility index (Phi) is 9.51. The van der Waals surface area contributed by atoms with E-state index in [1.165, 1.54) is 0 Å². The lowest BCUT2D eigenvalue weighted by Crippen LogP contribution is -2.46. The summed E-state index contributed by atoms with van der Waals surface area (Å²) in [6, 6.07) is 0. The zero-order valence-corrected chi connectivity index (χ0v) is 19.3. The van der Waals surface area contributed by atoms with Crippen molar-refractivity contribution in [2.45, 2.75) is 78.4 Å². The maximum absolute atomic E-state index is 12.9. The molecule has 0 fully saturated rings. The molecule has 0 saturated heterocycles. The molecule has 7 heteroatoms. The number of hydrogen-bond donors (Lipinski definition) is 0. The van der Waals surface area contributed by atoms with Gasteiger partial charge in [0.05, 0.1) is 19.3 Å². The fourth-order valence-corrected chi connectivity index (χ4v) is 5.31. The molecule has 0 aromatic rings. The largest absolute Gasteiger partial charge is 0.410 e. The molecule has 0 amide bonds. The molecule has 0 aromatic heterocycles. The van der Waals surface area contributed by atoms with Gasteiger partial charge < -0.3 is 13.5 Å². The predicted molar refractivity (Wildman–Crippen MR) is 107 cm³/mol. The third-order valence-corrected chi connectivity index (χ3v) is 11.8. The third kappa shape index (κ3) is 6.44. The highest BCUT2D eigenvalue weighted by Gasteiger charge is 2.44. The van der Waals surface area contributed by atoms with Crippen LogP contribution in [-0.2, 0) is 22.8 Å². The first-order valence-electron chi connectivity index (χ1n) is 9.00. The lowest BCUT2D eigenvalue weighted by Gasteiger charge is -2.40. The van der Waals surface area contributed by atoms with Gasteiger partial charge in [0.1, 0.15) is 5.66 Å². The average Bonchev–Trinajstić information content (AvgIpc) is 2.49. The highest BCUT2D eigenvalue weighted by atomic mass is 31.2. The average molecular weight is 393 g/mol. The van der Waals surface area contributed by atoms with Gasteiger partial charge in [0.25, 0.3) is 0 Å². The fourth-order valence-electron chi connectivity index (χ4n) is 2.19. The van der Waals surface area contributed by atoms with E-state index >= 15 is 0 Å². The van der Waals surface area contributed by atoms with Crippen LogP contribution in [0.1, 0.15) is 48.5 Å². The zero-order chi connectivity index (χ0) is 20.1. The molecule has 0 aliphatic heterocycles. The molecule has 5 nitrogen and oxygen atoms in total. The second-order valence-corrected chi connectivity index (χ2v) is 14.9. The van der Waals surface area contributed by atoms with E-state index in [1.54, 1.807) is 33.8 Å². The molecule has 0 heterocycles. The van der Waals surface area contributed by atoms with E-state index in [0.29, 0.717) is 0 Å². The standard InChI is InChI=1S/C18H37O5PSi/c1-11-16(23-25(9,10)18(6,7)8)14(4)17(19)15(5)24(20,21-12-2)22-13-3/h11,14-16H,1,12-13H2,2-10H3/t14-,15?,16+/m0/s1. The Labute approximate surface area is 155 Å². The first-order chi connectivity index (χ1) is 11.3. The van der Waals surface area contributed by atoms with Crippen molar-refractivity contribution in [1.82, 2.24) is 0 Å². The lowest BCUT2D eigenvalue weighted by atomic mass is 9.98. The van der Waals surface area contributed by atoms with Crippen LogP contribution in [0.5, 0.6) is 0 Å². The minimum Gasteiger partial charge on any atom is -0.410 e. The first kappa shape index (κ1) is 24.7. The molecule has 0 rings (SSSR count). The van der Waals surface area contributed by atoms with E-state index < -0.39 is 33.6 Å². The van der Waals surface area contributed by atoms with Crippen molar-refractivity contribution in [1.29, 1.82) is 0 Å². The van der Waals surface area contributed by atoms with Gasteiger partial charge in [-0.3, -0.25) is 9.36 Å². The van der Waals surface area contributed by atoms with E-state index in [2.05, 4.69) is 40.4 Å². The Morgan fingerprint density at radius 2 is 1.60 bits per heavy atom. The van der Waals surface area contributed by atoms with Crippen molar-refractivity contribution in [3.05, 3.63) is 12.7 Å². The van der Waals surface area contributed by atoms with Crippen LogP contribution in [0, 0.1) is 5.92 Å². The van der Waals surface area contributed by atoms with Gasteiger partial charge in [0.15, 0.2) is 14.1 Å². The van der Waals surface area contributed by atoms with Gasteiger partial charge in [-0.15, -0.1) is 6.58 Å². The highest BCUT2D eigenvalue weighted by molar-refractivity contribution is 7.55. The second kappa shape index (κ2) is 9.61. The van der Waals surface area contributed by atoms with Gasteiger partial charge in [-0.1, -0.05) is 33.8 Å². The molecule has 0 aliphatic carbocycles. The van der Waals surface area contributed by atoms with Gasteiger partial charge >= 0.3 is 7.60 Å². The fraction of sp³-hybridized carbons (Fsp3) is 0.833. The minimum absolute atomic E-state index is 0.0224. The van der Waals surface area contributed by atoms with E-state index in [1.807, 2.05) is 0 Å². The number of carbonyl (C=O) groups excluding carboxylic acids is 1. The summed E-state index contributed by atoms with van der Waals surface area (Å²) in [4.78, 5) is 12.9. The summed E-state index contributed by atoms with van der Waals surface area (Å²) in [5.74, 6) is -0.662. The number of rotatable bonds is 11. The Morgan fingerprint density at radius 3 is 1.92 bits per heavy atom. The van der Waals surface area contributed by atoms with Gasteiger partial charge in [-0.25, -0.2) is 0 Å². The van der Waals surface area contributed by atoms with Crippen LogP contribution in [0.15, 0.2) is 12.7 Å². The quantitative estimate of drug-likeness (QED) is 0.267. The highest BCUT2D eigenvalue weighted by Crippen LogP contribution is 2.54.